The molecule has 0 bridgehead atoms. The summed E-state index contributed by atoms with van der Waals surface area (Å²) in [4.78, 5) is 38.0. The Morgan fingerprint density at radius 3 is 2.29 bits per heavy atom. The van der Waals surface area contributed by atoms with E-state index in [2.05, 4.69) is 25.3 Å². The number of imidazole rings is 1. The first kappa shape index (κ1) is 22.8. The molecule has 0 fully saturated rings. The van der Waals surface area contributed by atoms with Crippen LogP contribution >= 0.6 is 12.2 Å². The number of ether oxygens (including phenoxy) is 3. The molecule has 0 unspecified atom stereocenters. The summed E-state index contributed by atoms with van der Waals surface area (Å²) in [6.45, 7) is 0. The Kier molecular flexibility index (Phi) is 6.46. The van der Waals surface area contributed by atoms with Crippen LogP contribution in [0.5, 0.6) is 17.2 Å². The quantitative estimate of drug-likeness (QED) is 0.299. The Hall–Kier alpha value is -4.38. The van der Waals surface area contributed by atoms with Gasteiger partial charge in [0.15, 0.2) is 27.7 Å². The molecule has 2 aromatic heterocycles. The van der Waals surface area contributed by atoms with Gasteiger partial charge in [0, 0.05) is 5.56 Å². The van der Waals surface area contributed by atoms with E-state index < -0.39 is 5.56 Å². The highest BCUT2D eigenvalue weighted by Gasteiger charge is 2.17. The maximum absolute atomic E-state index is 12.9. The van der Waals surface area contributed by atoms with Gasteiger partial charge in [0.25, 0.3) is 11.5 Å². The number of fused-ring (bicyclic) bond motifs is 1. The lowest BCUT2D eigenvalue weighted by molar-refractivity contribution is 0.0973. The van der Waals surface area contributed by atoms with Gasteiger partial charge in [0.05, 0.1) is 27.0 Å². The number of rotatable bonds is 7. The molecular formula is C23H21N5O5S. The third kappa shape index (κ3) is 4.55. The van der Waals surface area contributed by atoms with Crippen molar-refractivity contribution in [3.63, 3.8) is 0 Å². The van der Waals surface area contributed by atoms with E-state index in [0.29, 0.717) is 34.1 Å². The van der Waals surface area contributed by atoms with Crippen LogP contribution in [0.25, 0.3) is 22.9 Å². The fourth-order valence-corrected chi connectivity index (χ4v) is 3.55. The number of nitrogens with one attached hydrogen (secondary N) is 4. The fraction of sp³-hybridized carbons (Fsp3) is 0.130. The molecule has 0 aliphatic carbocycles. The summed E-state index contributed by atoms with van der Waals surface area (Å²) in [6, 6.07) is 12.2. The molecule has 4 aromatic rings. The Labute approximate surface area is 198 Å². The molecule has 174 valence electrons. The molecule has 0 saturated heterocycles. The van der Waals surface area contributed by atoms with E-state index in [9.17, 15) is 9.59 Å². The lowest BCUT2D eigenvalue weighted by Crippen LogP contribution is -2.22. The van der Waals surface area contributed by atoms with Gasteiger partial charge in [-0.05, 0) is 48.1 Å². The molecule has 4 rings (SSSR count). The molecule has 2 heterocycles. The number of aromatic nitrogens is 4. The summed E-state index contributed by atoms with van der Waals surface area (Å²) < 4.78 is 16.4. The molecular weight excluding hydrogens is 458 g/mol. The molecule has 1 amide bonds. The summed E-state index contributed by atoms with van der Waals surface area (Å²) >= 11 is 5.03. The third-order valence-corrected chi connectivity index (χ3v) is 5.13. The summed E-state index contributed by atoms with van der Waals surface area (Å²) in [7, 11) is 4.53. The van der Waals surface area contributed by atoms with Crippen molar-refractivity contribution in [1.29, 1.82) is 0 Å². The minimum Gasteiger partial charge on any atom is -0.493 e. The molecule has 10 nitrogen and oxygen atoms in total. The van der Waals surface area contributed by atoms with Crippen LogP contribution in [0.15, 0.2) is 47.3 Å². The highest BCUT2D eigenvalue weighted by atomic mass is 32.1. The van der Waals surface area contributed by atoms with Crippen LogP contribution in [-0.4, -0.2) is 47.2 Å². The second-order valence-corrected chi connectivity index (χ2v) is 7.46. The smallest absolute Gasteiger partial charge is 0.277 e. The zero-order valence-corrected chi connectivity index (χ0v) is 19.3. The number of benzene rings is 2. The SMILES string of the molecule is COc1cc(/C=C(/NC(=O)c2ccccc2)c2nc3[nH]c(=S)[nH]c(=O)c3[nH]2)cc(OC)c1OC. The van der Waals surface area contributed by atoms with Crippen molar-refractivity contribution in [1.82, 2.24) is 25.3 Å². The van der Waals surface area contributed by atoms with Gasteiger partial charge in [0.1, 0.15) is 5.52 Å². The number of hydrogen-bond acceptors (Lipinski definition) is 7. The average molecular weight is 480 g/mol. The Balaban J connectivity index is 1.87. The first-order valence-corrected chi connectivity index (χ1v) is 10.4. The number of carbonyl (C=O) groups excluding carboxylic acids is 1. The van der Waals surface area contributed by atoms with E-state index in [0.717, 1.165) is 0 Å². The molecule has 34 heavy (non-hydrogen) atoms. The minimum absolute atomic E-state index is 0.138. The molecule has 0 atom stereocenters. The lowest BCUT2D eigenvalue weighted by atomic mass is 10.1. The highest BCUT2D eigenvalue weighted by Crippen LogP contribution is 2.39. The first-order valence-electron chi connectivity index (χ1n) is 10.0. The van der Waals surface area contributed by atoms with Crippen LogP contribution in [0.3, 0.4) is 0 Å². The van der Waals surface area contributed by atoms with Gasteiger partial charge in [-0.15, -0.1) is 0 Å². The van der Waals surface area contributed by atoms with E-state index in [1.54, 1.807) is 42.5 Å². The van der Waals surface area contributed by atoms with E-state index in [1.807, 2.05) is 6.07 Å². The molecule has 0 aliphatic rings. The van der Waals surface area contributed by atoms with Gasteiger partial charge >= 0.3 is 0 Å². The highest BCUT2D eigenvalue weighted by molar-refractivity contribution is 7.71. The average Bonchev–Trinajstić information content (AvgIpc) is 3.27. The number of methoxy groups -OCH3 is 3. The van der Waals surface area contributed by atoms with Gasteiger partial charge in [-0.25, -0.2) is 4.98 Å². The number of aromatic amines is 3. The van der Waals surface area contributed by atoms with Crippen molar-refractivity contribution >= 4 is 41.1 Å². The number of carbonyl (C=O) groups is 1. The maximum atomic E-state index is 12.9. The number of H-pyrrole nitrogens is 3. The van der Waals surface area contributed by atoms with Crippen LogP contribution in [-0.2, 0) is 0 Å². The second-order valence-electron chi connectivity index (χ2n) is 7.05. The predicted molar refractivity (Wildman–Crippen MR) is 130 cm³/mol. The van der Waals surface area contributed by atoms with Crippen LogP contribution in [0.1, 0.15) is 21.7 Å². The van der Waals surface area contributed by atoms with Crippen molar-refractivity contribution in [2.24, 2.45) is 0 Å². The Morgan fingerprint density at radius 1 is 1.00 bits per heavy atom. The molecule has 0 saturated carbocycles. The zero-order valence-electron chi connectivity index (χ0n) is 18.5. The number of nitrogens with zero attached hydrogens (tertiary/aromatic N) is 1. The third-order valence-electron chi connectivity index (χ3n) is 4.93. The van der Waals surface area contributed by atoms with Crippen molar-refractivity contribution < 1.29 is 19.0 Å². The first-order chi connectivity index (χ1) is 16.4. The van der Waals surface area contributed by atoms with Crippen LogP contribution in [0, 0.1) is 4.77 Å². The number of amides is 1. The normalized spacial score (nSPS) is 11.3. The van der Waals surface area contributed by atoms with Crippen molar-refractivity contribution in [2.45, 2.75) is 0 Å². The molecule has 0 radical (unpaired) electrons. The van der Waals surface area contributed by atoms with Crippen LogP contribution in [0.4, 0.5) is 0 Å². The van der Waals surface area contributed by atoms with Gasteiger partial charge < -0.3 is 29.5 Å². The van der Waals surface area contributed by atoms with Crippen molar-refractivity contribution in [3.05, 3.63) is 74.5 Å². The van der Waals surface area contributed by atoms with Gasteiger partial charge in [-0.1, -0.05) is 18.2 Å². The van der Waals surface area contributed by atoms with Crippen molar-refractivity contribution in [2.75, 3.05) is 21.3 Å². The molecule has 0 spiro atoms. The maximum Gasteiger partial charge on any atom is 0.277 e. The van der Waals surface area contributed by atoms with E-state index in [-0.39, 0.29) is 27.7 Å². The Bertz CT molecular complexity index is 1480. The summed E-state index contributed by atoms with van der Waals surface area (Å²) in [5.74, 6) is 1.19. The van der Waals surface area contributed by atoms with E-state index in [4.69, 9.17) is 26.4 Å². The molecule has 2 aromatic carbocycles. The summed E-state index contributed by atoms with van der Waals surface area (Å²) in [5, 5.41) is 2.86. The largest absolute Gasteiger partial charge is 0.493 e. The van der Waals surface area contributed by atoms with Crippen molar-refractivity contribution in [3.8, 4) is 17.2 Å². The Morgan fingerprint density at radius 2 is 1.68 bits per heavy atom. The predicted octanol–water partition coefficient (Wildman–Crippen LogP) is 3.26. The van der Waals surface area contributed by atoms with Gasteiger partial charge in [0.2, 0.25) is 5.75 Å². The van der Waals surface area contributed by atoms with Crippen LogP contribution in [0.2, 0.25) is 0 Å². The second kappa shape index (κ2) is 9.63. The summed E-state index contributed by atoms with van der Waals surface area (Å²) in [6.07, 6.45) is 1.67. The van der Waals surface area contributed by atoms with E-state index in [1.165, 1.54) is 21.3 Å². The van der Waals surface area contributed by atoms with Gasteiger partial charge in [-0.2, -0.15) is 0 Å². The summed E-state index contributed by atoms with van der Waals surface area (Å²) in [5.41, 5.74) is 1.39. The topological polar surface area (TPSA) is 134 Å². The van der Waals surface area contributed by atoms with E-state index >= 15 is 0 Å². The molecule has 11 heteroatoms. The number of hydrogen-bond donors (Lipinski definition) is 4. The standard InChI is InChI=1S/C23H21N5O5S/c1-31-15-10-12(11-16(32-2)18(15)33-3)9-14(24-21(29)13-7-5-4-6-8-13)19-25-17-20(26-19)27-23(34)28-22(17)30/h4-11H,1-3H3,(H,24,29)(H3,25,26,27,28,30,34)/b14-9+. The molecule has 0 aliphatic heterocycles. The lowest BCUT2D eigenvalue weighted by Gasteiger charge is -2.14. The minimum atomic E-state index is -0.431. The zero-order chi connectivity index (χ0) is 24.2. The van der Waals surface area contributed by atoms with Crippen LogP contribution < -0.4 is 25.1 Å². The van der Waals surface area contributed by atoms with Gasteiger partial charge in [-0.3, -0.25) is 14.6 Å². The monoisotopic (exact) mass is 479 g/mol. The molecule has 4 N–H and O–H groups in total. The fourth-order valence-electron chi connectivity index (χ4n) is 3.36.